The van der Waals surface area contributed by atoms with E-state index in [4.69, 9.17) is 5.26 Å². The van der Waals surface area contributed by atoms with Gasteiger partial charge < -0.3 is 0 Å². The monoisotopic (exact) mass is 392 g/mol. The van der Waals surface area contributed by atoms with E-state index < -0.39 is 15.3 Å². The molecule has 0 aliphatic rings. The quantitative estimate of drug-likeness (QED) is 0.597. The average molecular weight is 392 g/mol. The van der Waals surface area contributed by atoms with E-state index in [0.717, 1.165) is 22.0 Å². The summed E-state index contributed by atoms with van der Waals surface area (Å²) in [7, 11) is -3.18. The molecule has 6 heteroatoms. The van der Waals surface area contributed by atoms with Crippen LogP contribution in [0.1, 0.15) is 31.4 Å². The van der Waals surface area contributed by atoms with E-state index in [-0.39, 0.29) is 0 Å². The molecule has 1 N–H and O–H groups in total. The minimum Gasteiger partial charge on any atom is -0.215 e. The molecule has 0 aromatic heterocycles. The van der Waals surface area contributed by atoms with Gasteiger partial charge in [-0.05, 0) is 73.0 Å². The van der Waals surface area contributed by atoms with E-state index >= 15 is 0 Å². The van der Waals surface area contributed by atoms with Gasteiger partial charge in [-0.3, -0.25) is 0 Å². The van der Waals surface area contributed by atoms with Gasteiger partial charge in [0.1, 0.15) is 0 Å². The summed E-state index contributed by atoms with van der Waals surface area (Å²) in [5.41, 5.74) is 1.72. The Bertz CT molecular complexity index is 577. The second-order valence-corrected chi connectivity index (χ2v) is 7.99. The zero-order chi connectivity index (χ0) is 14.5. The average Bonchev–Trinajstić information content (AvgIpc) is 2.36. The molecule has 0 saturated heterocycles. The van der Waals surface area contributed by atoms with Crippen LogP contribution < -0.4 is 4.72 Å². The van der Waals surface area contributed by atoms with E-state index in [1.165, 1.54) is 0 Å². The Kier molecular flexibility index (Phi) is 6.23. The van der Waals surface area contributed by atoms with Crippen molar-refractivity contribution in [1.29, 1.82) is 5.26 Å². The summed E-state index contributed by atoms with van der Waals surface area (Å²) < 4.78 is 26.8. The van der Waals surface area contributed by atoms with Crippen LogP contribution in [-0.2, 0) is 16.4 Å². The first-order valence-corrected chi connectivity index (χ1v) is 8.66. The Labute approximate surface area is 128 Å². The van der Waals surface area contributed by atoms with Gasteiger partial charge in [0.2, 0.25) is 10.0 Å². The number of sulfonamides is 1. The molecule has 0 aliphatic carbocycles. The summed E-state index contributed by atoms with van der Waals surface area (Å²) in [6.45, 7) is 3.73. The van der Waals surface area contributed by atoms with E-state index in [0.29, 0.717) is 12.1 Å². The number of rotatable bonds is 6. The van der Waals surface area contributed by atoms with Crippen LogP contribution in [0.25, 0.3) is 0 Å². The van der Waals surface area contributed by atoms with Crippen LogP contribution in [0.15, 0.2) is 18.2 Å². The Balaban J connectivity index is 2.53. The zero-order valence-corrected chi connectivity index (χ0v) is 14.0. The van der Waals surface area contributed by atoms with Gasteiger partial charge in [0.05, 0.1) is 16.9 Å². The first-order valence-electron chi connectivity index (χ1n) is 6.04. The van der Waals surface area contributed by atoms with Crippen molar-refractivity contribution in [3.8, 4) is 6.07 Å². The highest BCUT2D eigenvalue weighted by Gasteiger charge is 2.14. The minimum absolute atomic E-state index is 0.408. The first-order chi connectivity index (χ1) is 8.86. The Hall–Kier alpha value is -0.650. The fourth-order valence-electron chi connectivity index (χ4n) is 1.50. The Morgan fingerprint density at radius 1 is 1.42 bits per heavy atom. The third kappa shape index (κ3) is 5.09. The summed E-state index contributed by atoms with van der Waals surface area (Å²) in [6, 6.07) is 7.66. The first kappa shape index (κ1) is 16.4. The lowest BCUT2D eigenvalue weighted by molar-refractivity contribution is 0.570. The highest BCUT2D eigenvalue weighted by Crippen LogP contribution is 2.15. The molecule has 1 aromatic rings. The van der Waals surface area contributed by atoms with Gasteiger partial charge in [-0.15, -0.1) is 0 Å². The smallest absolute Gasteiger partial charge is 0.213 e. The normalized spacial score (nSPS) is 11.5. The van der Waals surface area contributed by atoms with Crippen molar-refractivity contribution in [2.24, 2.45) is 0 Å². The van der Waals surface area contributed by atoms with Crippen LogP contribution in [0.5, 0.6) is 0 Å². The van der Waals surface area contributed by atoms with Crippen molar-refractivity contribution in [2.45, 2.75) is 31.9 Å². The van der Waals surface area contributed by atoms with Gasteiger partial charge in [0.25, 0.3) is 0 Å². The molecule has 0 fully saturated rings. The molecule has 4 nitrogen and oxygen atoms in total. The van der Waals surface area contributed by atoms with Crippen molar-refractivity contribution in [2.75, 3.05) is 6.54 Å². The fourth-order valence-corrected chi connectivity index (χ4v) is 2.86. The lowest BCUT2D eigenvalue weighted by Crippen LogP contribution is -2.31. The molecule has 0 bridgehead atoms. The molecule has 1 rings (SSSR count). The molecule has 0 spiro atoms. The van der Waals surface area contributed by atoms with Gasteiger partial charge in [-0.25, -0.2) is 13.1 Å². The lowest BCUT2D eigenvalue weighted by Gasteiger charge is -2.10. The van der Waals surface area contributed by atoms with Crippen molar-refractivity contribution in [3.63, 3.8) is 0 Å². The molecule has 104 valence electrons. The standard InChI is InChI=1S/C13H17IN2O2S/c1-10(2)19(17,18)16-7-3-4-12-8-11(9-15)5-6-13(12)14/h5-6,8,10,16H,3-4,7H2,1-2H3. The molecule has 0 aliphatic heterocycles. The van der Waals surface area contributed by atoms with Crippen molar-refractivity contribution in [1.82, 2.24) is 4.72 Å². The molecule has 0 unspecified atom stereocenters. The topological polar surface area (TPSA) is 70.0 Å². The van der Waals surface area contributed by atoms with Gasteiger partial charge in [0, 0.05) is 10.1 Å². The number of benzene rings is 1. The fraction of sp³-hybridized carbons (Fsp3) is 0.462. The van der Waals surface area contributed by atoms with E-state index in [1.807, 2.05) is 12.1 Å². The van der Waals surface area contributed by atoms with Crippen molar-refractivity contribution < 1.29 is 8.42 Å². The van der Waals surface area contributed by atoms with Crippen molar-refractivity contribution >= 4 is 32.6 Å². The summed E-state index contributed by atoms with van der Waals surface area (Å²) in [4.78, 5) is 0. The highest BCUT2D eigenvalue weighted by molar-refractivity contribution is 14.1. The maximum Gasteiger partial charge on any atom is 0.213 e. The zero-order valence-electron chi connectivity index (χ0n) is 11.0. The molecular formula is C13H17IN2O2S. The summed E-state index contributed by atoms with van der Waals surface area (Å²) in [6.07, 6.45) is 1.48. The molecular weight excluding hydrogens is 375 g/mol. The second kappa shape index (κ2) is 7.22. The van der Waals surface area contributed by atoms with E-state index in [1.54, 1.807) is 19.9 Å². The summed E-state index contributed by atoms with van der Waals surface area (Å²) in [5.74, 6) is 0. The number of nitrogens with zero attached hydrogens (tertiary/aromatic N) is 1. The van der Waals surface area contributed by atoms with Crippen LogP contribution in [-0.4, -0.2) is 20.2 Å². The van der Waals surface area contributed by atoms with Crippen LogP contribution in [0.2, 0.25) is 0 Å². The predicted octanol–water partition coefficient (Wildman–Crippen LogP) is 2.42. The van der Waals surface area contributed by atoms with E-state index in [9.17, 15) is 8.42 Å². The molecule has 0 amide bonds. The third-order valence-corrected chi connectivity index (χ3v) is 5.62. The molecule has 0 saturated carbocycles. The third-order valence-electron chi connectivity index (χ3n) is 2.72. The lowest BCUT2D eigenvalue weighted by atomic mass is 10.1. The minimum atomic E-state index is -3.18. The molecule has 0 radical (unpaired) electrons. The van der Waals surface area contributed by atoms with Gasteiger partial charge in [-0.1, -0.05) is 0 Å². The summed E-state index contributed by atoms with van der Waals surface area (Å²) >= 11 is 2.22. The maximum atomic E-state index is 11.6. The maximum absolute atomic E-state index is 11.6. The molecule has 0 atom stereocenters. The van der Waals surface area contributed by atoms with Gasteiger partial charge in [-0.2, -0.15) is 5.26 Å². The number of hydrogen-bond acceptors (Lipinski definition) is 3. The van der Waals surface area contributed by atoms with Crippen LogP contribution in [0.4, 0.5) is 0 Å². The highest BCUT2D eigenvalue weighted by atomic mass is 127. The van der Waals surface area contributed by atoms with Gasteiger partial charge in [0.15, 0.2) is 0 Å². The number of halogens is 1. The van der Waals surface area contributed by atoms with Crippen LogP contribution in [0.3, 0.4) is 0 Å². The largest absolute Gasteiger partial charge is 0.215 e. The molecule has 19 heavy (non-hydrogen) atoms. The number of hydrogen-bond donors (Lipinski definition) is 1. The second-order valence-electron chi connectivity index (χ2n) is 4.51. The predicted molar refractivity (Wildman–Crippen MR) is 84.3 cm³/mol. The molecule has 0 heterocycles. The van der Waals surface area contributed by atoms with Crippen LogP contribution in [0, 0.1) is 14.9 Å². The Morgan fingerprint density at radius 3 is 2.68 bits per heavy atom. The SMILES string of the molecule is CC(C)S(=O)(=O)NCCCc1cc(C#N)ccc1I. The van der Waals surface area contributed by atoms with Crippen molar-refractivity contribution in [3.05, 3.63) is 32.9 Å². The Morgan fingerprint density at radius 2 is 2.11 bits per heavy atom. The van der Waals surface area contributed by atoms with E-state index in [2.05, 4.69) is 33.4 Å². The van der Waals surface area contributed by atoms with Gasteiger partial charge >= 0.3 is 0 Å². The molecule has 1 aromatic carbocycles. The summed E-state index contributed by atoms with van der Waals surface area (Å²) in [5, 5.41) is 8.44. The number of nitrogens with one attached hydrogen (secondary N) is 1. The number of nitriles is 1. The number of aryl methyl sites for hydroxylation is 1. The van der Waals surface area contributed by atoms with Crippen LogP contribution >= 0.6 is 22.6 Å².